The average molecular weight is 525 g/mol. The van der Waals surface area contributed by atoms with E-state index in [0.717, 1.165) is 62.0 Å². The van der Waals surface area contributed by atoms with Gasteiger partial charge >= 0.3 is 6.09 Å². The van der Waals surface area contributed by atoms with Gasteiger partial charge in [-0.15, -0.1) is 0 Å². The number of carboxylic acid groups (broad SMARTS) is 1. The van der Waals surface area contributed by atoms with Crippen LogP contribution in [0.2, 0.25) is 5.02 Å². The maximum Gasteiger partial charge on any atom is 0.404 e. The summed E-state index contributed by atoms with van der Waals surface area (Å²) in [6.07, 6.45) is 3.08. The normalized spacial score (nSPS) is 17.9. The van der Waals surface area contributed by atoms with E-state index in [9.17, 15) is 14.7 Å². The highest BCUT2D eigenvalue weighted by Gasteiger charge is 2.28. The second-order valence-corrected chi connectivity index (χ2v) is 11.6. The number of hydrogen-bond donors (Lipinski definition) is 2. The van der Waals surface area contributed by atoms with E-state index in [1.807, 2.05) is 48.5 Å². The molecule has 1 saturated heterocycles. The van der Waals surface area contributed by atoms with Crippen molar-refractivity contribution in [3.8, 4) is 0 Å². The fraction of sp³-hybridized carbons (Fsp3) is 0.483. The Kier molecular flexibility index (Phi) is 8.55. The number of nitrogens with zero attached hydrogens (tertiary/aromatic N) is 3. The molecule has 0 radical (unpaired) electrons. The first-order chi connectivity index (χ1) is 17.6. The number of halogens is 1. The van der Waals surface area contributed by atoms with Crippen molar-refractivity contribution in [1.82, 2.24) is 20.0 Å². The molecule has 3 aromatic rings. The molecular formula is C29H37ClN4O3. The smallest absolute Gasteiger partial charge is 0.404 e. The van der Waals surface area contributed by atoms with Crippen LogP contribution in [0, 0.1) is 5.41 Å². The first kappa shape index (κ1) is 27.1. The summed E-state index contributed by atoms with van der Waals surface area (Å²) in [5, 5.41) is 19.2. The Balaban J connectivity index is 1.52. The van der Waals surface area contributed by atoms with Gasteiger partial charge in [0, 0.05) is 36.0 Å². The number of likely N-dealkylation sites (tertiary alicyclic amines) is 1. The maximum atomic E-state index is 13.5. The predicted octanol–water partition coefficient (Wildman–Crippen LogP) is 5.74. The van der Waals surface area contributed by atoms with E-state index in [0.29, 0.717) is 16.8 Å². The molecule has 1 aliphatic heterocycles. The molecule has 1 aliphatic rings. The Bertz CT molecular complexity index is 1280. The van der Waals surface area contributed by atoms with Crippen LogP contribution < -0.4 is 10.9 Å². The number of hydrogen-bond acceptors (Lipinski definition) is 4. The zero-order valence-corrected chi connectivity index (χ0v) is 22.7. The molecule has 8 heteroatoms. The molecule has 198 valence electrons. The topological polar surface area (TPSA) is 87.5 Å². The minimum atomic E-state index is -0.980. The minimum absolute atomic E-state index is 0.0293. The third-order valence-electron chi connectivity index (χ3n) is 7.40. The van der Waals surface area contributed by atoms with Crippen LogP contribution in [0.5, 0.6) is 0 Å². The highest BCUT2D eigenvalue weighted by molar-refractivity contribution is 6.30. The Morgan fingerprint density at radius 3 is 2.49 bits per heavy atom. The fourth-order valence-electron chi connectivity index (χ4n) is 5.24. The van der Waals surface area contributed by atoms with Crippen molar-refractivity contribution in [3.05, 3.63) is 75.2 Å². The van der Waals surface area contributed by atoms with Crippen LogP contribution >= 0.6 is 11.6 Å². The molecule has 0 aliphatic carbocycles. The van der Waals surface area contributed by atoms with Gasteiger partial charge in [-0.3, -0.25) is 4.79 Å². The Labute approximate surface area is 223 Å². The number of rotatable bonds is 7. The van der Waals surface area contributed by atoms with Gasteiger partial charge in [-0.2, -0.15) is 5.10 Å². The summed E-state index contributed by atoms with van der Waals surface area (Å²) in [6, 6.07) is 15.4. The number of amides is 1. The average Bonchev–Trinajstić information content (AvgIpc) is 3.09. The summed E-state index contributed by atoms with van der Waals surface area (Å²) in [6.45, 7) is 8.78. The van der Waals surface area contributed by atoms with E-state index in [1.54, 1.807) is 4.68 Å². The number of fused-ring (bicyclic) bond motifs is 1. The summed E-state index contributed by atoms with van der Waals surface area (Å²) in [7, 11) is 0. The molecule has 7 nitrogen and oxygen atoms in total. The first-order valence-electron chi connectivity index (χ1n) is 13.1. The maximum absolute atomic E-state index is 13.5. The fourth-order valence-corrected chi connectivity index (χ4v) is 5.36. The summed E-state index contributed by atoms with van der Waals surface area (Å²) in [4.78, 5) is 27.2. The number of benzene rings is 2. The zero-order valence-electron chi connectivity index (χ0n) is 21.9. The van der Waals surface area contributed by atoms with Crippen molar-refractivity contribution in [1.29, 1.82) is 0 Å². The van der Waals surface area contributed by atoms with Gasteiger partial charge in [0.1, 0.15) is 0 Å². The molecular weight excluding hydrogens is 488 g/mol. The molecule has 2 atom stereocenters. The van der Waals surface area contributed by atoms with Crippen molar-refractivity contribution in [2.24, 2.45) is 5.41 Å². The first-order valence-corrected chi connectivity index (χ1v) is 13.5. The lowest BCUT2D eigenvalue weighted by atomic mass is 9.84. The molecule has 0 saturated carbocycles. The van der Waals surface area contributed by atoms with Crippen LogP contribution in [-0.2, 0) is 6.42 Å². The van der Waals surface area contributed by atoms with E-state index in [2.05, 4.69) is 31.0 Å². The van der Waals surface area contributed by atoms with Gasteiger partial charge in [-0.25, -0.2) is 9.48 Å². The van der Waals surface area contributed by atoms with Crippen molar-refractivity contribution >= 4 is 28.5 Å². The van der Waals surface area contributed by atoms with E-state index < -0.39 is 6.09 Å². The van der Waals surface area contributed by atoms with E-state index >= 15 is 0 Å². The number of carbonyl (C=O) groups is 1. The Morgan fingerprint density at radius 1 is 1.11 bits per heavy atom. The van der Waals surface area contributed by atoms with Crippen LogP contribution in [-0.4, -0.2) is 51.6 Å². The van der Waals surface area contributed by atoms with Gasteiger partial charge in [-0.1, -0.05) is 62.7 Å². The standard InChI is InChI=1S/C29H37ClN4O3/c1-29(2,3)26(31-28(36)37)15-18-33-16-6-7-22(14-17-33)34-27(35)24-9-5-4-8-23(24)25(32-34)19-20-10-12-21(30)13-11-20/h4-5,8-13,22,26,31H,6-7,14-19H2,1-3H3,(H,36,37). The molecule has 1 fully saturated rings. The quantitative estimate of drug-likeness (QED) is 0.411. The van der Waals surface area contributed by atoms with Gasteiger partial charge < -0.3 is 15.3 Å². The number of aromatic nitrogens is 2. The largest absolute Gasteiger partial charge is 0.465 e. The van der Waals surface area contributed by atoms with Crippen molar-refractivity contribution < 1.29 is 9.90 Å². The summed E-state index contributed by atoms with van der Waals surface area (Å²) < 4.78 is 1.72. The molecule has 1 aromatic heterocycles. The monoisotopic (exact) mass is 524 g/mol. The summed E-state index contributed by atoms with van der Waals surface area (Å²) >= 11 is 6.07. The van der Waals surface area contributed by atoms with Gasteiger partial charge in [0.05, 0.1) is 17.1 Å². The highest BCUT2D eigenvalue weighted by atomic mass is 35.5. The van der Waals surface area contributed by atoms with Gasteiger partial charge in [0.15, 0.2) is 0 Å². The molecule has 0 spiro atoms. The van der Waals surface area contributed by atoms with E-state index in [-0.39, 0.29) is 23.1 Å². The van der Waals surface area contributed by atoms with Gasteiger partial charge in [-0.05, 0) is 61.4 Å². The second kappa shape index (κ2) is 11.7. The SMILES string of the molecule is CC(C)(C)C(CCN1CCCC(n2nc(Cc3ccc(Cl)cc3)c3ccccc3c2=O)CC1)NC(=O)O. The van der Waals surface area contributed by atoms with Gasteiger partial charge in [0.2, 0.25) is 0 Å². The third kappa shape index (κ3) is 6.90. The molecule has 2 unspecified atom stereocenters. The van der Waals surface area contributed by atoms with Crippen LogP contribution in [0.3, 0.4) is 0 Å². The minimum Gasteiger partial charge on any atom is -0.465 e. The van der Waals surface area contributed by atoms with Crippen molar-refractivity contribution in [2.45, 2.75) is 65.0 Å². The summed E-state index contributed by atoms with van der Waals surface area (Å²) in [5.41, 5.74) is 1.80. The van der Waals surface area contributed by atoms with Crippen LogP contribution in [0.25, 0.3) is 10.8 Å². The molecule has 2 heterocycles. The Hall–Kier alpha value is -2.90. The van der Waals surface area contributed by atoms with Gasteiger partial charge in [0.25, 0.3) is 5.56 Å². The summed E-state index contributed by atoms with van der Waals surface area (Å²) in [5.74, 6) is 0. The molecule has 2 N–H and O–H groups in total. The lowest BCUT2D eigenvalue weighted by Gasteiger charge is -2.32. The van der Waals surface area contributed by atoms with Crippen LogP contribution in [0.4, 0.5) is 4.79 Å². The Morgan fingerprint density at radius 2 is 1.81 bits per heavy atom. The van der Waals surface area contributed by atoms with Crippen LogP contribution in [0.15, 0.2) is 53.3 Å². The molecule has 0 bridgehead atoms. The second-order valence-electron chi connectivity index (χ2n) is 11.1. The highest BCUT2D eigenvalue weighted by Crippen LogP contribution is 2.26. The lowest BCUT2D eigenvalue weighted by Crippen LogP contribution is -2.45. The van der Waals surface area contributed by atoms with Crippen molar-refractivity contribution in [2.75, 3.05) is 19.6 Å². The zero-order chi connectivity index (χ0) is 26.6. The van der Waals surface area contributed by atoms with Crippen molar-refractivity contribution in [3.63, 3.8) is 0 Å². The van der Waals surface area contributed by atoms with Crippen LogP contribution in [0.1, 0.15) is 63.8 Å². The predicted molar refractivity (Wildman–Crippen MR) is 149 cm³/mol. The van der Waals surface area contributed by atoms with E-state index in [4.69, 9.17) is 16.7 Å². The molecule has 37 heavy (non-hydrogen) atoms. The van der Waals surface area contributed by atoms with E-state index in [1.165, 1.54) is 0 Å². The molecule has 1 amide bonds. The molecule has 4 rings (SSSR count). The third-order valence-corrected chi connectivity index (χ3v) is 7.65. The molecule has 2 aromatic carbocycles. The lowest BCUT2D eigenvalue weighted by molar-refractivity contribution is 0.164. The number of nitrogens with one attached hydrogen (secondary N) is 1.